The molecule has 1 aliphatic heterocycles. The van der Waals surface area contributed by atoms with E-state index in [1.54, 1.807) is 0 Å². The Hall–Kier alpha value is -1.84. The average Bonchev–Trinajstić information content (AvgIpc) is 3.36. The fourth-order valence-corrected chi connectivity index (χ4v) is 4.59. The molecule has 2 aromatic carbocycles. The number of ether oxygens (including phenoxy) is 1. The Balaban J connectivity index is 0.00000225. The molecule has 1 heterocycles. The van der Waals surface area contributed by atoms with Crippen LogP contribution in [0.4, 0.5) is 0 Å². The van der Waals surface area contributed by atoms with Crippen LogP contribution in [0.2, 0.25) is 0 Å². The van der Waals surface area contributed by atoms with Gasteiger partial charge in [0.1, 0.15) is 18.5 Å². The average molecular weight is 399 g/mol. The Morgan fingerprint density at radius 2 is 1.64 bits per heavy atom. The Morgan fingerprint density at radius 1 is 1.04 bits per heavy atom. The van der Waals surface area contributed by atoms with Gasteiger partial charge >= 0.3 is 0 Å². The predicted octanol–water partition coefficient (Wildman–Crippen LogP) is 5.66. The molecule has 0 radical (unpaired) electrons. The third-order valence-electron chi connectivity index (χ3n) is 6.27. The van der Waals surface area contributed by atoms with E-state index in [9.17, 15) is 0 Å². The number of halogens is 1. The van der Waals surface area contributed by atoms with Gasteiger partial charge in [0.25, 0.3) is 0 Å². The molecular formula is C24H31ClN2O. The van der Waals surface area contributed by atoms with Gasteiger partial charge in [0.2, 0.25) is 0 Å². The molecule has 1 aliphatic carbocycles. The minimum absolute atomic E-state index is 0. The number of hydrogen-bond acceptors (Lipinski definition) is 3. The van der Waals surface area contributed by atoms with E-state index < -0.39 is 0 Å². The maximum absolute atomic E-state index is 6.23. The first-order valence-corrected chi connectivity index (χ1v) is 10.2. The molecule has 2 aromatic rings. The number of benzene rings is 2. The van der Waals surface area contributed by atoms with E-state index in [2.05, 4.69) is 79.8 Å². The van der Waals surface area contributed by atoms with Gasteiger partial charge in [0, 0.05) is 0 Å². The predicted molar refractivity (Wildman–Crippen MR) is 118 cm³/mol. The number of hydrogen-bond donors (Lipinski definition) is 1. The van der Waals surface area contributed by atoms with Gasteiger partial charge in [-0.2, -0.15) is 0 Å². The van der Waals surface area contributed by atoms with Gasteiger partial charge in [0.05, 0.1) is 11.6 Å². The number of nitrogens with zero attached hydrogens (tertiary/aromatic N) is 1. The van der Waals surface area contributed by atoms with E-state index in [0.717, 1.165) is 5.84 Å². The molecule has 0 aromatic heterocycles. The van der Waals surface area contributed by atoms with Crippen LogP contribution in [0.25, 0.3) is 0 Å². The van der Waals surface area contributed by atoms with Crippen molar-refractivity contribution in [2.45, 2.75) is 57.2 Å². The van der Waals surface area contributed by atoms with Gasteiger partial charge in [-0.1, -0.05) is 73.5 Å². The number of amidine groups is 1. The van der Waals surface area contributed by atoms with E-state index >= 15 is 0 Å². The third-order valence-corrected chi connectivity index (χ3v) is 6.27. The molecule has 0 bridgehead atoms. The van der Waals surface area contributed by atoms with Crippen LogP contribution in [0, 0.1) is 5.92 Å². The first-order valence-electron chi connectivity index (χ1n) is 10.2. The highest BCUT2D eigenvalue weighted by atomic mass is 35.5. The topological polar surface area (TPSA) is 33.6 Å². The maximum atomic E-state index is 6.23. The van der Waals surface area contributed by atoms with Gasteiger partial charge in [-0.25, -0.2) is 0 Å². The molecule has 4 heteroatoms. The van der Waals surface area contributed by atoms with Crippen molar-refractivity contribution in [3.63, 3.8) is 0 Å². The minimum atomic E-state index is -0.266. The highest BCUT2D eigenvalue weighted by Crippen LogP contribution is 2.41. The number of aliphatic imine (C=N–C) groups is 1. The fourth-order valence-electron chi connectivity index (χ4n) is 4.59. The van der Waals surface area contributed by atoms with Crippen molar-refractivity contribution in [3.05, 3.63) is 71.8 Å². The summed E-state index contributed by atoms with van der Waals surface area (Å²) < 4.78 is 6.23. The molecule has 1 fully saturated rings. The van der Waals surface area contributed by atoms with Gasteiger partial charge in [-0.05, 0) is 43.7 Å². The third kappa shape index (κ3) is 4.26. The zero-order valence-corrected chi connectivity index (χ0v) is 17.6. The summed E-state index contributed by atoms with van der Waals surface area (Å²) in [7, 11) is 0. The summed E-state index contributed by atoms with van der Waals surface area (Å²) in [6.45, 7) is 5.02. The highest BCUT2D eigenvalue weighted by Gasteiger charge is 2.42. The Morgan fingerprint density at radius 3 is 2.29 bits per heavy atom. The molecule has 4 rings (SSSR count). The summed E-state index contributed by atoms with van der Waals surface area (Å²) >= 11 is 0. The standard InChI is InChI=1S/C24H30N2O.ClH/c1-18(19-11-9-10-12-19)27-17-22-25-23(20-13-5-3-6-14-20)24(2,26-22)21-15-7-4-8-16-21;/h3-8,13-16,18-19,23H,9-12,17H2,1-2H3,(H,25,26);1H. The molecule has 28 heavy (non-hydrogen) atoms. The van der Waals surface area contributed by atoms with Crippen molar-refractivity contribution in [1.82, 2.24) is 5.32 Å². The molecule has 3 nitrogen and oxygen atoms in total. The van der Waals surface area contributed by atoms with Gasteiger partial charge in [-0.15, -0.1) is 12.4 Å². The summed E-state index contributed by atoms with van der Waals surface area (Å²) in [5.41, 5.74) is 2.22. The lowest BCUT2D eigenvalue weighted by Crippen LogP contribution is -2.43. The molecule has 150 valence electrons. The van der Waals surface area contributed by atoms with E-state index in [4.69, 9.17) is 9.73 Å². The monoisotopic (exact) mass is 398 g/mol. The van der Waals surface area contributed by atoms with E-state index in [0.29, 0.717) is 18.6 Å². The number of rotatable bonds is 6. The smallest absolute Gasteiger partial charge is 0.124 e. The number of nitrogens with one attached hydrogen (secondary N) is 1. The summed E-state index contributed by atoms with van der Waals surface area (Å²) in [5.74, 6) is 1.66. The second-order valence-electron chi connectivity index (χ2n) is 8.14. The largest absolute Gasteiger partial charge is 0.370 e. The van der Waals surface area contributed by atoms with Crippen molar-refractivity contribution < 1.29 is 4.74 Å². The van der Waals surface area contributed by atoms with Crippen LogP contribution in [0.1, 0.15) is 56.7 Å². The SMILES string of the molecule is CC(OCC1=NC(c2ccccc2)C(C)(c2ccccc2)N1)C1CCCC1.Cl. The molecule has 3 atom stereocenters. The molecular weight excluding hydrogens is 368 g/mol. The van der Waals surface area contributed by atoms with E-state index in [1.807, 2.05) is 0 Å². The van der Waals surface area contributed by atoms with Crippen LogP contribution in [0.5, 0.6) is 0 Å². The van der Waals surface area contributed by atoms with E-state index in [1.165, 1.54) is 36.8 Å². The Bertz CT molecular complexity index is 774. The first-order chi connectivity index (χ1) is 13.2. The van der Waals surface area contributed by atoms with Crippen LogP contribution >= 0.6 is 12.4 Å². The normalized spacial score (nSPS) is 25.6. The lowest BCUT2D eigenvalue weighted by molar-refractivity contribution is 0.0501. The molecule has 3 unspecified atom stereocenters. The second-order valence-corrected chi connectivity index (χ2v) is 8.14. The lowest BCUT2D eigenvalue weighted by atomic mass is 9.82. The van der Waals surface area contributed by atoms with Crippen LogP contribution < -0.4 is 5.32 Å². The zero-order chi connectivity index (χ0) is 18.7. The van der Waals surface area contributed by atoms with Crippen LogP contribution in [-0.4, -0.2) is 18.5 Å². The van der Waals surface area contributed by atoms with Crippen molar-refractivity contribution >= 4 is 18.2 Å². The Kier molecular flexibility index (Phi) is 6.79. The molecule has 1 N–H and O–H groups in total. The lowest BCUT2D eigenvalue weighted by Gasteiger charge is -2.32. The van der Waals surface area contributed by atoms with Crippen molar-refractivity contribution in [2.24, 2.45) is 10.9 Å². The Labute approximate surface area is 175 Å². The van der Waals surface area contributed by atoms with Crippen LogP contribution in [0.3, 0.4) is 0 Å². The van der Waals surface area contributed by atoms with E-state index in [-0.39, 0.29) is 24.0 Å². The molecule has 0 amide bonds. The van der Waals surface area contributed by atoms with Gasteiger partial charge < -0.3 is 10.1 Å². The summed E-state index contributed by atoms with van der Waals surface area (Å²) in [4.78, 5) is 5.07. The summed E-state index contributed by atoms with van der Waals surface area (Å²) in [6.07, 6.45) is 5.60. The highest BCUT2D eigenvalue weighted by molar-refractivity contribution is 5.87. The van der Waals surface area contributed by atoms with Crippen molar-refractivity contribution in [1.29, 1.82) is 0 Å². The minimum Gasteiger partial charge on any atom is -0.370 e. The molecule has 0 saturated heterocycles. The van der Waals surface area contributed by atoms with Crippen LogP contribution in [0.15, 0.2) is 65.7 Å². The fraction of sp³-hybridized carbons (Fsp3) is 0.458. The van der Waals surface area contributed by atoms with Crippen molar-refractivity contribution in [2.75, 3.05) is 6.61 Å². The second kappa shape index (κ2) is 9.11. The molecule has 0 spiro atoms. The molecule has 2 aliphatic rings. The maximum Gasteiger partial charge on any atom is 0.124 e. The van der Waals surface area contributed by atoms with Crippen molar-refractivity contribution in [3.8, 4) is 0 Å². The zero-order valence-electron chi connectivity index (χ0n) is 16.8. The summed E-state index contributed by atoms with van der Waals surface area (Å²) in [5, 5.41) is 3.70. The first kappa shape index (κ1) is 20.9. The van der Waals surface area contributed by atoms with Crippen LogP contribution in [-0.2, 0) is 10.3 Å². The van der Waals surface area contributed by atoms with Gasteiger partial charge in [-0.3, -0.25) is 4.99 Å². The van der Waals surface area contributed by atoms with Gasteiger partial charge in [0.15, 0.2) is 0 Å². The quantitative estimate of drug-likeness (QED) is 0.680. The summed E-state index contributed by atoms with van der Waals surface area (Å²) in [6, 6.07) is 21.2. The molecule has 1 saturated carbocycles.